The van der Waals surface area contributed by atoms with Gasteiger partial charge in [-0.15, -0.1) is 0 Å². The van der Waals surface area contributed by atoms with Gasteiger partial charge in [-0.05, 0) is 20.8 Å². The molecule has 0 amide bonds. The first-order chi connectivity index (χ1) is 6.89. The van der Waals surface area contributed by atoms with Crippen molar-refractivity contribution in [2.75, 3.05) is 13.2 Å². The van der Waals surface area contributed by atoms with Crippen LogP contribution in [-0.2, 0) is 19.0 Å². The van der Waals surface area contributed by atoms with Crippen molar-refractivity contribution >= 4 is 5.97 Å². The first kappa shape index (κ1) is 12.0. The second kappa shape index (κ2) is 4.63. The molecule has 5 nitrogen and oxygen atoms in total. The molecule has 86 valence electrons. The Morgan fingerprint density at radius 2 is 2.33 bits per heavy atom. The van der Waals surface area contributed by atoms with Crippen molar-refractivity contribution in [3.63, 3.8) is 0 Å². The summed E-state index contributed by atoms with van der Waals surface area (Å²) in [7, 11) is 0. The molecule has 0 spiro atoms. The summed E-state index contributed by atoms with van der Waals surface area (Å²) in [6.07, 6.45) is 1.04. The maximum absolute atomic E-state index is 11.1. The summed E-state index contributed by atoms with van der Waals surface area (Å²) in [5.41, 5.74) is 5.74. The molecule has 1 rings (SSSR count). The quantitative estimate of drug-likeness (QED) is 0.549. The number of hydrogen-bond donors (Lipinski definition) is 1. The number of rotatable bonds is 3. The summed E-state index contributed by atoms with van der Waals surface area (Å²) in [6.45, 7) is 5.88. The summed E-state index contributed by atoms with van der Waals surface area (Å²) in [5.74, 6) is -1.04. The smallest absolute Gasteiger partial charge is 0.332 e. The molecule has 1 unspecified atom stereocenters. The molecule has 1 heterocycles. The Morgan fingerprint density at radius 3 is 2.80 bits per heavy atom. The van der Waals surface area contributed by atoms with Crippen LogP contribution < -0.4 is 5.73 Å². The Morgan fingerprint density at radius 1 is 1.67 bits per heavy atom. The van der Waals surface area contributed by atoms with Gasteiger partial charge in [-0.3, -0.25) is 0 Å². The molecule has 1 aliphatic rings. The highest BCUT2D eigenvalue weighted by molar-refractivity contribution is 5.82. The lowest BCUT2D eigenvalue weighted by atomic mass is 10.4. The van der Waals surface area contributed by atoms with E-state index in [0.29, 0.717) is 12.3 Å². The lowest BCUT2D eigenvalue weighted by Gasteiger charge is -2.16. The molecule has 0 aromatic heterocycles. The van der Waals surface area contributed by atoms with E-state index in [-0.39, 0.29) is 12.7 Å². The van der Waals surface area contributed by atoms with E-state index in [2.05, 4.69) is 0 Å². The van der Waals surface area contributed by atoms with E-state index in [0.717, 1.165) is 0 Å². The highest BCUT2D eigenvalue weighted by Gasteiger charge is 2.33. The Kier molecular flexibility index (Phi) is 3.71. The number of esters is 1. The molecule has 0 aliphatic carbocycles. The summed E-state index contributed by atoms with van der Waals surface area (Å²) < 4.78 is 15.7. The average molecular weight is 215 g/mol. The number of nitrogens with two attached hydrogens (primary N) is 1. The molecule has 1 saturated heterocycles. The molecule has 0 aromatic carbocycles. The Bertz CT molecular complexity index is 269. The van der Waals surface area contributed by atoms with Gasteiger partial charge in [-0.1, -0.05) is 0 Å². The minimum Gasteiger partial charge on any atom is -0.460 e. The highest BCUT2D eigenvalue weighted by atomic mass is 16.7. The first-order valence-electron chi connectivity index (χ1n) is 4.81. The van der Waals surface area contributed by atoms with Crippen molar-refractivity contribution < 1.29 is 19.0 Å². The van der Waals surface area contributed by atoms with Crippen molar-refractivity contribution in [1.82, 2.24) is 0 Å². The largest absolute Gasteiger partial charge is 0.460 e. The number of carbonyl (C=O) groups is 1. The van der Waals surface area contributed by atoms with Gasteiger partial charge < -0.3 is 19.9 Å². The molecule has 15 heavy (non-hydrogen) atoms. The van der Waals surface area contributed by atoms with Crippen LogP contribution in [0.2, 0.25) is 0 Å². The van der Waals surface area contributed by atoms with Crippen LogP contribution in [0.25, 0.3) is 0 Å². The van der Waals surface area contributed by atoms with Crippen molar-refractivity contribution in [2.45, 2.75) is 32.7 Å². The van der Waals surface area contributed by atoms with Gasteiger partial charge in [0.25, 0.3) is 0 Å². The van der Waals surface area contributed by atoms with E-state index in [1.165, 1.54) is 6.08 Å². The minimum atomic E-state index is -0.587. The van der Waals surface area contributed by atoms with Gasteiger partial charge in [0.15, 0.2) is 5.79 Å². The van der Waals surface area contributed by atoms with Gasteiger partial charge in [0, 0.05) is 11.8 Å². The molecule has 2 N–H and O–H groups in total. The van der Waals surface area contributed by atoms with E-state index in [1.807, 2.05) is 13.8 Å². The highest BCUT2D eigenvalue weighted by Crippen LogP contribution is 2.22. The van der Waals surface area contributed by atoms with Crippen LogP contribution >= 0.6 is 0 Å². The fraction of sp³-hybridized carbons (Fsp3) is 0.700. The number of hydrogen-bond acceptors (Lipinski definition) is 5. The predicted octanol–water partition coefficient (Wildman–Crippen LogP) is 0.544. The van der Waals surface area contributed by atoms with Crippen molar-refractivity contribution in [1.29, 1.82) is 0 Å². The van der Waals surface area contributed by atoms with Gasteiger partial charge in [-0.2, -0.15) is 0 Å². The summed E-state index contributed by atoms with van der Waals surface area (Å²) >= 11 is 0. The lowest BCUT2D eigenvalue weighted by molar-refractivity contribution is -0.154. The zero-order chi connectivity index (χ0) is 11.5. The van der Waals surface area contributed by atoms with Crippen LogP contribution in [0.4, 0.5) is 0 Å². The van der Waals surface area contributed by atoms with Crippen LogP contribution in [0.3, 0.4) is 0 Å². The van der Waals surface area contributed by atoms with Gasteiger partial charge in [0.1, 0.15) is 12.7 Å². The second-order valence-electron chi connectivity index (χ2n) is 3.97. The SMILES string of the molecule is CC(N)=CC(=O)OCC1COC(C)(C)O1. The zero-order valence-corrected chi connectivity index (χ0v) is 9.28. The van der Waals surface area contributed by atoms with E-state index < -0.39 is 11.8 Å². The monoisotopic (exact) mass is 215 g/mol. The van der Waals surface area contributed by atoms with Crippen LogP contribution in [0, 0.1) is 0 Å². The summed E-state index contributed by atoms with van der Waals surface area (Å²) in [4.78, 5) is 11.1. The Hall–Kier alpha value is -1.07. The fourth-order valence-corrected chi connectivity index (χ4v) is 1.25. The third-order valence-electron chi connectivity index (χ3n) is 1.82. The molecule has 5 heteroatoms. The Balaban J connectivity index is 2.27. The Labute approximate surface area is 89.2 Å². The second-order valence-corrected chi connectivity index (χ2v) is 3.97. The molecule has 1 atom stereocenters. The fourth-order valence-electron chi connectivity index (χ4n) is 1.25. The van der Waals surface area contributed by atoms with Crippen molar-refractivity contribution in [3.05, 3.63) is 11.8 Å². The van der Waals surface area contributed by atoms with Crippen LogP contribution in [0.15, 0.2) is 11.8 Å². The van der Waals surface area contributed by atoms with E-state index >= 15 is 0 Å². The average Bonchev–Trinajstić information content (AvgIpc) is 2.41. The third kappa shape index (κ3) is 4.31. The molecule has 0 bridgehead atoms. The molecule has 0 saturated carbocycles. The van der Waals surface area contributed by atoms with Gasteiger partial charge in [-0.25, -0.2) is 4.79 Å². The van der Waals surface area contributed by atoms with Crippen molar-refractivity contribution in [2.24, 2.45) is 5.73 Å². The van der Waals surface area contributed by atoms with Crippen molar-refractivity contribution in [3.8, 4) is 0 Å². The standard InChI is InChI=1S/C10H17NO4/c1-7(11)4-9(12)13-5-8-6-14-10(2,3)15-8/h4,8H,5-6,11H2,1-3H3. The lowest BCUT2D eigenvalue weighted by Crippen LogP contribution is -2.25. The zero-order valence-electron chi connectivity index (χ0n) is 9.28. The van der Waals surface area contributed by atoms with Crippen LogP contribution in [-0.4, -0.2) is 31.1 Å². The van der Waals surface area contributed by atoms with Crippen LogP contribution in [0.1, 0.15) is 20.8 Å². The molecule has 0 aromatic rings. The first-order valence-corrected chi connectivity index (χ1v) is 4.81. The predicted molar refractivity (Wildman–Crippen MR) is 53.8 cm³/mol. The van der Waals surface area contributed by atoms with E-state index in [1.54, 1.807) is 6.92 Å². The summed E-state index contributed by atoms with van der Waals surface area (Å²) in [5, 5.41) is 0. The third-order valence-corrected chi connectivity index (χ3v) is 1.82. The molecular weight excluding hydrogens is 198 g/mol. The topological polar surface area (TPSA) is 70.8 Å². The molecule has 0 radical (unpaired) electrons. The van der Waals surface area contributed by atoms with Gasteiger partial charge in [0.2, 0.25) is 0 Å². The number of carbonyl (C=O) groups excluding carboxylic acids is 1. The number of ether oxygens (including phenoxy) is 3. The normalized spacial score (nSPS) is 25.3. The van der Waals surface area contributed by atoms with E-state index in [4.69, 9.17) is 19.9 Å². The molecule has 1 aliphatic heterocycles. The minimum absolute atomic E-state index is 0.187. The maximum atomic E-state index is 11.1. The van der Waals surface area contributed by atoms with Gasteiger partial charge >= 0.3 is 5.97 Å². The summed E-state index contributed by atoms with van der Waals surface area (Å²) in [6, 6.07) is 0. The van der Waals surface area contributed by atoms with Gasteiger partial charge in [0.05, 0.1) is 6.61 Å². The molecule has 1 fully saturated rings. The van der Waals surface area contributed by atoms with Crippen LogP contribution in [0.5, 0.6) is 0 Å². The maximum Gasteiger partial charge on any atom is 0.332 e. The van der Waals surface area contributed by atoms with E-state index in [9.17, 15) is 4.79 Å². The number of allylic oxidation sites excluding steroid dienone is 1. The molecular formula is C10H17NO4.